The summed E-state index contributed by atoms with van der Waals surface area (Å²) in [7, 11) is 0. The number of halogens is 1. The Kier molecular flexibility index (Phi) is 6.76. The highest BCUT2D eigenvalue weighted by Gasteiger charge is 2.07. The first-order chi connectivity index (χ1) is 15.6. The summed E-state index contributed by atoms with van der Waals surface area (Å²) in [4.78, 5) is 0. The van der Waals surface area contributed by atoms with E-state index in [0.29, 0.717) is 23.0 Å². The van der Waals surface area contributed by atoms with Gasteiger partial charge in [-0.25, -0.2) is 9.07 Å². The van der Waals surface area contributed by atoms with E-state index >= 15 is 0 Å². The maximum absolute atomic E-state index is 13.8. The Morgan fingerprint density at radius 2 is 1.88 bits per heavy atom. The van der Waals surface area contributed by atoms with E-state index in [4.69, 9.17) is 17.0 Å². The van der Waals surface area contributed by atoms with Gasteiger partial charge < -0.3 is 15.4 Å². The number of ether oxygens (including phenoxy) is 1. The van der Waals surface area contributed by atoms with Gasteiger partial charge in [0, 0.05) is 17.8 Å². The molecule has 0 bridgehead atoms. The first-order valence-electron chi connectivity index (χ1n) is 10.2. The van der Waals surface area contributed by atoms with Crippen LogP contribution in [0.2, 0.25) is 0 Å². The molecule has 0 aliphatic heterocycles. The highest BCUT2D eigenvalue weighted by molar-refractivity contribution is 7.80. The predicted octanol–water partition coefficient (Wildman–Crippen LogP) is 4.67. The molecule has 32 heavy (non-hydrogen) atoms. The molecule has 4 aromatic rings. The van der Waals surface area contributed by atoms with Crippen molar-refractivity contribution in [1.29, 1.82) is 0 Å². The molecule has 2 heterocycles. The molecule has 0 fully saturated rings. The predicted molar refractivity (Wildman–Crippen MR) is 126 cm³/mol. The van der Waals surface area contributed by atoms with Crippen LogP contribution in [0.4, 0.5) is 15.9 Å². The Morgan fingerprint density at radius 1 is 1.06 bits per heavy atom. The number of aryl methyl sites for hydroxylation is 1. The maximum Gasteiger partial charge on any atom is 0.180 e. The molecule has 2 aromatic carbocycles. The van der Waals surface area contributed by atoms with Crippen molar-refractivity contribution in [2.45, 2.75) is 26.6 Å². The average Bonchev–Trinajstić information content (AvgIpc) is 3.43. The van der Waals surface area contributed by atoms with Gasteiger partial charge in [0.1, 0.15) is 11.6 Å². The fraction of sp³-hybridized carbons (Fsp3) is 0.174. The normalized spacial score (nSPS) is 10.7. The van der Waals surface area contributed by atoms with E-state index in [9.17, 15) is 4.39 Å². The number of hydrogen-bond donors (Lipinski definition) is 2. The molecule has 2 N–H and O–H groups in total. The van der Waals surface area contributed by atoms with E-state index in [1.54, 1.807) is 52.2 Å². The molecule has 0 aliphatic rings. The summed E-state index contributed by atoms with van der Waals surface area (Å²) in [6.45, 7) is 2.74. The van der Waals surface area contributed by atoms with Crippen LogP contribution in [0, 0.1) is 5.82 Å². The molecule has 2 aromatic heterocycles. The van der Waals surface area contributed by atoms with Crippen LogP contribution < -0.4 is 15.4 Å². The summed E-state index contributed by atoms with van der Waals surface area (Å²) in [6.07, 6.45) is 6.22. The average molecular weight is 451 g/mol. The van der Waals surface area contributed by atoms with Crippen molar-refractivity contribution in [3.05, 3.63) is 90.1 Å². The van der Waals surface area contributed by atoms with Crippen molar-refractivity contribution >= 4 is 28.8 Å². The summed E-state index contributed by atoms with van der Waals surface area (Å²) in [5.74, 6) is 1.09. The fourth-order valence-corrected chi connectivity index (χ4v) is 3.28. The van der Waals surface area contributed by atoms with E-state index in [2.05, 4.69) is 27.8 Å². The zero-order valence-electron chi connectivity index (χ0n) is 17.5. The molecule has 4 rings (SSSR count). The highest BCUT2D eigenvalue weighted by Crippen LogP contribution is 2.14. The van der Waals surface area contributed by atoms with Crippen molar-refractivity contribution < 1.29 is 9.13 Å². The van der Waals surface area contributed by atoms with Crippen LogP contribution in [0.3, 0.4) is 0 Å². The van der Waals surface area contributed by atoms with Gasteiger partial charge >= 0.3 is 0 Å². The van der Waals surface area contributed by atoms with Crippen molar-refractivity contribution in [2.24, 2.45) is 0 Å². The van der Waals surface area contributed by atoms with Crippen LogP contribution in [-0.2, 0) is 19.7 Å². The Bertz CT molecular complexity index is 1190. The highest BCUT2D eigenvalue weighted by atomic mass is 32.1. The summed E-state index contributed by atoms with van der Waals surface area (Å²) < 4.78 is 22.9. The van der Waals surface area contributed by atoms with E-state index < -0.39 is 0 Å². The minimum atomic E-state index is -0.256. The number of rotatable bonds is 8. The minimum absolute atomic E-state index is 0.256. The molecule has 0 aliphatic carbocycles. The smallest absolute Gasteiger partial charge is 0.180 e. The van der Waals surface area contributed by atoms with Crippen LogP contribution in [0.5, 0.6) is 5.75 Å². The summed E-state index contributed by atoms with van der Waals surface area (Å²) in [5, 5.41) is 15.1. The molecule has 0 spiro atoms. The Morgan fingerprint density at radius 3 is 2.66 bits per heavy atom. The molecular weight excluding hydrogens is 427 g/mol. The van der Waals surface area contributed by atoms with Gasteiger partial charge in [0.05, 0.1) is 24.6 Å². The fourth-order valence-electron chi connectivity index (χ4n) is 3.06. The van der Waals surface area contributed by atoms with Gasteiger partial charge in [-0.1, -0.05) is 37.3 Å². The second-order valence-electron chi connectivity index (χ2n) is 7.11. The van der Waals surface area contributed by atoms with Crippen LogP contribution in [-0.4, -0.2) is 24.7 Å². The lowest BCUT2D eigenvalue weighted by Gasteiger charge is -2.07. The number of thiocarbonyl (C=S) groups is 1. The van der Waals surface area contributed by atoms with Gasteiger partial charge in [0.15, 0.2) is 17.7 Å². The molecule has 0 amide bonds. The number of anilines is 2. The van der Waals surface area contributed by atoms with Gasteiger partial charge in [-0.2, -0.15) is 10.2 Å². The molecule has 0 unspecified atom stereocenters. The van der Waals surface area contributed by atoms with E-state index in [-0.39, 0.29) is 12.5 Å². The molecule has 9 heteroatoms. The molecule has 0 atom stereocenters. The van der Waals surface area contributed by atoms with E-state index in [0.717, 1.165) is 17.9 Å². The molecule has 164 valence electrons. The number of aromatic nitrogens is 4. The van der Waals surface area contributed by atoms with E-state index in [1.807, 2.05) is 24.3 Å². The van der Waals surface area contributed by atoms with Gasteiger partial charge in [0.2, 0.25) is 0 Å². The van der Waals surface area contributed by atoms with Crippen molar-refractivity contribution in [1.82, 2.24) is 19.6 Å². The third kappa shape index (κ3) is 5.70. The third-order valence-corrected chi connectivity index (χ3v) is 4.96. The topological polar surface area (TPSA) is 68.9 Å². The molecular formula is C23H23FN6OS. The van der Waals surface area contributed by atoms with E-state index in [1.165, 1.54) is 11.6 Å². The molecule has 7 nitrogen and oxygen atoms in total. The minimum Gasteiger partial charge on any atom is -0.471 e. The Balaban J connectivity index is 1.27. The SMILES string of the molecule is CCc1ccc(OCn2cc(NC(=S)Nc3ccn(Cc4ccccc4F)n3)cn2)cc1. The lowest BCUT2D eigenvalue weighted by Crippen LogP contribution is -2.19. The summed E-state index contributed by atoms with van der Waals surface area (Å²) in [5.41, 5.74) is 2.55. The quantitative estimate of drug-likeness (QED) is 0.380. The number of benzene rings is 2. The van der Waals surface area contributed by atoms with Crippen molar-refractivity contribution in [3.8, 4) is 5.75 Å². The first-order valence-corrected chi connectivity index (χ1v) is 10.6. The monoisotopic (exact) mass is 450 g/mol. The zero-order chi connectivity index (χ0) is 22.3. The van der Waals surface area contributed by atoms with Crippen LogP contribution >= 0.6 is 12.2 Å². The zero-order valence-corrected chi connectivity index (χ0v) is 18.3. The number of hydrogen-bond acceptors (Lipinski definition) is 4. The van der Waals surface area contributed by atoms with Crippen LogP contribution in [0.15, 0.2) is 73.2 Å². The lowest BCUT2D eigenvalue weighted by atomic mass is 10.2. The lowest BCUT2D eigenvalue weighted by molar-refractivity contribution is 0.221. The largest absolute Gasteiger partial charge is 0.471 e. The molecule has 0 saturated carbocycles. The van der Waals surface area contributed by atoms with Crippen molar-refractivity contribution in [3.63, 3.8) is 0 Å². The standard InChI is InChI=1S/C23H23FN6OS/c1-2-17-7-9-20(10-8-17)31-16-30-15-19(13-25-30)26-23(32)27-22-11-12-29(28-22)14-18-5-3-4-6-21(18)24/h3-13,15H,2,14,16H2,1H3,(H2,26,27,28,32). The maximum atomic E-state index is 13.8. The van der Waals surface area contributed by atoms with Gasteiger partial charge in [-0.15, -0.1) is 0 Å². The second-order valence-corrected chi connectivity index (χ2v) is 7.52. The Labute approximate surface area is 190 Å². The van der Waals surface area contributed by atoms with Crippen LogP contribution in [0.25, 0.3) is 0 Å². The van der Waals surface area contributed by atoms with Gasteiger partial charge in [-0.3, -0.25) is 4.68 Å². The molecule has 0 radical (unpaired) electrons. The third-order valence-electron chi connectivity index (χ3n) is 4.76. The first kappa shape index (κ1) is 21.5. The number of nitrogens with one attached hydrogen (secondary N) is 2. The summed E-state index contributed by atoms with van der Waals surface area (Å²) in [6, 6.07) is 16.4. The van der Waals surface area contributed by atoms with Crippen molar-refractivity contribution in [2.75, 3.05) is 10.6 Å². The second kappa shape index (κ2) is 10.1. The molecule has 0 saturated heterocycles. The number of nitrogens with zero attached hydrogens (tertiary/aromatic N) is 4. The van der Waals surface area contributed by atoms with Gasteiger partial charge in [0.25, 0.3) is 0 Å². The van der Waals surface area contributed by atoms with Crippen LogP contribution in [0.1, 0.15) is 18.1 Å². The Hall–Kier alpha value is -3.72. The van der Waals surface area contributed by atoms with Gasteiger partial charge in [-0.05, 0) is 42.4 Å². The summed E-state index contributed by atoms with van der Waals surface area (Å²) >= 11 is 5.35.